The average molecular weight is 477 g/mol. The predicted molar refractivity (Wildman–Crippen MR) is 130 cm³/mol. The molecule has 2 aromatic carbocycles. The van der Waals surface area contributed by atoms with Crippen molar-refractivity contribution < 1.29 is 19.4 Å². The number of pyridine rings is 1. The second-order valence-corrected chi connectivity index (χ2v) is 8.72. The van der Waals surface area contributed by atoms with Crippen LogP contribution in [-0.2, 0) is 4.79 Å². The van der Waals surface area contributed by atoms with E-state index in [1.807, 2.05) is 30.3 Å². The lowest BCUT2D eigenvalue weighted by molar-refractivity contribution is -0.123. The molecule has 0 bridgehead atoms. The lowest BCUT2D eigenvalue weighted by Gasteiger charge is -2.38. The summed E-state index contributed by atoms with van der Waals surface area (Å²) in [7, 11) is 0. The zero-order chi connectivity index (χ0) is 24.0. The zero-order valence-corrected chi connectivity index (χ0v) is 19.1. The van der Waals surface area contributed by atoms with Gasteiger partial charge in [0.25, 0.3) is 5.91 Å². The summed E-state index contributed by atoms with van der Waals surface area (Å²) in [6, 6.07) is 14.1. The molecule has 0 spiro atoms. The van der Waals surface area contributed by atoms with Gasteiger partial charge in [-0.25, -0.2) is 4.98 Å². The topological polar surface area (TPSA) is 116 Å². The first kappa shape index (κ1) is 21.9. The van der Waals surface area contributed by atoms with Gasteiger partial charge in [-0.05, 0) is 38.1 Å². The number of anilines is 2. The minimum atomic E-state index is -1.28. The number of fused-ring (bicyclic) bond motifs is 3. The number of carbonyl (C=O) groups is 2. The summed E-state index contributed by atoms with van der Waals surface area (Å²) in [4.78, 5) is 33.4. The fraction of sp³-hybridized carbons (Fsp3) is 0.160. The van der Waals surface area contributed by atoms with E-state index in [1.165, 1.54) is 13.1 Å². The molecule has 5 rings (SSSR count). The molecule has 1 amide bonds. The molecule has 2 unspecified atom stereocenters. The van der Waals surface area contributed by atoms with Crippen molar-refractivity contribution in [1.29, 1.82) is 0 Å². The minimum absolute atomic E-state index is 0.237. The van der Waals surface area contributed by atoms with Crippen molar-refractivity contribution >= 4 is 45.7 Å². The van der Waals surface area contributed by atoms with Crippen LogP contribution < -0.4 is 15.4 Å². The molecule has 2 atom stereocenters. The molecule has 0 aliphatic carbocycles. The molecule has 172 valence electrons. The molecule has 34 heavy (non-hydrogen) atoms. The maximum absolute atomic E-state index is 13.5. The Morgan fingerprint density at radius 2 is 1.91 bits per heavy atom. The number of nitrogens with one attached hydrogen (secondary N) is 3. The van der Waals surface area contributed by atoms with Crippen LogP contribution >= 0.6 is 11.6 Å². The van der Waals surface area contributed by atoms with E-state index in [4.69, 9.17) is 16.3 Å². The Kier molecular flexibility index (Phi) is 5.27. The molecule has 4 aromatic rings. The van der Waals surface area contributed by atoms with Gasteiger partial charge in [0.1, 0.15) is 22.7 Å². The van der Waals surface area contributed by atoms with Crippen molar-refractivity contribution in [2.45, 2.75) is 25.5 Å². The fourth-order valence-corrected chi connectivity index (χ4v) is 4.13. The number of halogens is 1. The van der Waals surface area contributed by atoms with Crippen LogP contribution in [0.4, 0.5) is 11.4 Å². The molecule has 1 aliphatic rings. The summed E-state index contributed by atoms with van der Waals surface area (Å²) in [5.74, 6) is 0.441. The molecule has 2 aromatic heterocycles. The van der Waals surface area contributed by atoms with Crippen molar-refractivity contribution in [2.75, 3.05) is 10.6 Å². The van der Waals surface area contributed by atoms with E-state index in [9.17, 15) is 14.7 Å². The first-order valence-corrected chi connectivity index (χ1v) is 11.0. The van der Waals surface area contributed by atoms with Gasteiger partial charge in [0, 0.05) is 17.8 Å². The van der Waals surface area contributed by atoms with E-state index in [2.05, 4.69) is 20.6 Å². The van der Waals surface area contributed by atoms with Crippen LogP contribution in [0.5, 0.6) is 11.5 Å². The number of hydrogen-bond acceptors (Lipinski definition) is 6. The highest BCUT2D eigenvalue weighted by atomic mass is 35.5. The van der Waals surface area contributed by atoms with Gasteiger partial charge in [-0.15, -0.1) is 0 Å². The number of nitrogens with zero attached hydrogens (tertiary/aromatic N) is 1. The molecule has 0 fully saturated rings. The Morgan fingerprint density at radius 3 is 2.62 bits per heavy atom. The van der Waals surface area contributed by atoms with E-state index in [0.29, 0.717) is 45.0 Å². The van der Waals surface area contributed by atoms with E-state index in [0.717, 1.165) is 0 Å². The van der Waals surface area contributed by atoms with Crippen LogP contribution in [0.3, 0.4) is 0 Å². The second kappa shape index (κ2) is 8.16. The predicted octanol–water partition coefficient (Wildman–Crippen LogP) is 4.74. The van der Waals surface area contributed by atoms with Crippen LogP contribution in [0.2, 0.25) is 5.02 Å². The largest absolute Gasteiger partial charge is 0.457 e. The SMILES string of the molecule is CC(O)C1(C)Nc2c(cnc3[nH]cc(C(=O)c4ccc(Oc5ccccc5)cc4Cl)c23)NC1=O. The first-order chi connectivity index (χ1) is 16.3. The number of amides is 1. The normalized spacial score (nSPS) is 18.1. The number of H-pyrrole nitrogens is 1. The lowest BCUT2D eigenvalue weighted by atomic mass is 9.91. The first-order valence-electron chi connectivity index (χ1n) is 10.6. The summed E-state index contributed by atoms with van der Waals surface area (Å²) in [5, 5.41) is 16.9. The summed E-state index contributed by atoms with van der Waals surface area (Å²) >= 11 is 6.48. The number of aromatic amines is 1. The average Bonchev–Trinajstić information content (AvgIpc) is 3.25. The monoisotopic (exact) mass is 476 g/mol. The van der Waals surface area contributed by atoms with Gasteiger partial charge in [0.05, 0.1) is 39.6 Å². The molecular weight excluding hydrogens is 456 g/mol. The number of benzene rings is 2. The third-order valence-corrected chi connectivity index (χ3v) is 6.36. The molecule has 1 aliphatic heterocycles. The Hall–Kier alpha value is -3.88. The molecule has 4 N–H and O–H groups in total. The van der Waals surface area contributed by atoms with Gasteiger partial charge in [0.15, 0.2) is 5.78 Å². The van der Waals surface area contributed by atoms with Crippen LogP contribution in [0.1, 0.15) is 29.8 Å². The highest BCUT2D eigenvalue weighted by Crippen LogP contribution is 2.40. The van der Waals surface area contributed by atoms with Crippen molar-refractivity contribution in [3.63, 3.8) is 0 Å². The van der Waals surface area contributed by atoms with Gasteiger partial charge in [-0.2, -0.15) is 0 Å². The summed E-state index contributed by atoms with van der Waals surface area (Å²) < 4.78 is 5.80. The summed E-state index contributed by atoms with van der Waals surface area (Å²) in [5.41, 5.74) is 0.708. The van der Waals surface area contributed by atoms with Crippen molar-refractivity contribution in [2.24, 2.45) is 0 Å². The Bertz CT molecular complexity index is 1430. The third-order valence-electron chi connectivity index (χ3n) is 6.05. The van der Waals surface area contributed by atoms with Gasteiger partial charge in [0.2, 0.25) is 0 Å². The highest BCUT2D eigenvalue weighted by Gasteiger charge is 2.43. The fourth-order valence-electron chi connectivity index (χ4n) is 3.88. The lowest BCUT2D eigenvalue weighted by Crippen LogP contribution is -2.57. The van der Waals surface area contributed by atoms with Crippen molar-refractivity contribution in [3.8, 4) is 11.5 Å². The summed E-state index contributed by atoms with van der Waals surface area (Å²) in [6.45, 7) is 3.12. The third kappa shape index (κ3) is 3.57. The zero-order valence-electron chi connectivity index (χ0n) is 18.3. The van der Waals surface area contributed by atoms with Crippen LogP contribution in [0, 0.1) is 0 Å². The molecule has 0 saturated carbocycles. The number of aromatic nitrogens is 2. The Balaban J connectivity index is 1.54. The van der Waals surface area contributed by atoms with E-state index in [-0.39, 0.29) is 10.8 Å². The second-order valence-electron chi connectivity index (χ2n) is 8.32. The van der Waals surface area contributed by atoms with Crippen LogP contribution in [-0.4, -0.2) is 38.4 Å². The van der Waals surface area contributed by atoms with Crippen LogP contribution in [0.15, 0.2) is 60.9 Å². The quantitative estimate of drug-likeness (QED) is 0.309. The Morgan fingerprint density at radius 1 is 1.15 bits per heavy atom. The number of carbonyl (C=O) groups excluding carboxylic acids is 2. The smallest absolute Gasteiger partial charge is 0.252 e. The molecule has 8 nitrogen and oxygen atoms in total. The number of aliphatic hydroxyl groups is 1. The summed E-state index contributed by atoms with van der Waals surface area (Å²) in [6.07, 6.45) is 2.06. The van der Waals surface area contributed by atoms with E-state index < -0.39 is 17.6 Å². The van der Waals surface area contributed by atoms with Crippen LogP contribution in [0.25, 0.3) is 11.0 Å². The number of rotatable bonds is 5. The Labute approximate surface area is 199 Å². The number of ether oxygens (including phenoxy) is 1. The molecule has 3 heterocycles. The van der Waals surface area contributed by atoms with Gasteiger partial charge in [-0.1, -0.05) is 29.8 Å². The number of aliphatic hydroxyl groups excluding tert-OH is 1. The number of para-hydroxylation sites is 1. The number of hydrogen-bond donors (Lipinski definition) is 4. The molecule has 9 heteroatoms. The highest BCUT2D eigenvalue weighted by molar-refractivity contribution is 6.36. The van der Waals surface area contributed by atoms with Crippen molar-refractivity contribution in [1.82, 2.24) is 9.97 Å². The molecule has 0 radical (unpaired) electrons. The van der Waals surface area contributed by atoms with E-state index in [1.54, 1.807) is 31.3 Å². The molecule has 0 saturated heterocycles. The van der Waals surface area contributed by atoms with Gasteiger partial charge in [-0.3, -0.25) is 9.59 Å². The standard InChI is InChI=1S/C25H21ClN4O4/c1-13(31)25(2)24(33)29-19-12-28-23-20(21(19)30-25)17(11-27-23)22(32)16-9-8-15(10-18(16)26)34-14-6-4-3-5-7-14/h3-13,30-31H,1-2H3,(H,27,28)(H,29,33). The van der Waals surface area contributed by atoms with Crippen molar-refractivity contribution in [3.05, 3.63) is 77.1 Å². The van der Waals surface area contributed by atoms with E-state index >= 15 is 0 Å². The maximum Gasteiger partial charge on any atom is 0.252 e. The van der Waals surface area contributed by atoms with Gasteiger partial charge < -0.3 is 25.5 Å². The number of ketones is 1. The molecular formula is C25H21ClN4O4. The maximum atomic E-state index is 13.5. The van der Waals surface area contributed by atoms with Gasteiger partial charge >= 0.3 is 0 Å². The minimum Gasteiger partial charge on any atom is -0.457 e.